The van der Waals surface area contributed by atoms with E-state index in [2.05, 4.69) is 4.98 Å². The third-order valence-corrected chi connectivity index (χ3v) is 9.81. The van der Waals surface area contributed by atoms with Crippen molar-refractivity contribution in [3.8, 4) is 0 Å². The smallest absolute Gasteiger partial charge is 0.366 e. The van der Waals surface area contributed by atoms with Gasteiger partial charge in [0.1, 0.15) is 16.3 Å². The number of rotatable bonds is 10. The summed E-state index contributed by atoms with van der Waals surface area (Å²) in [6, 6.07) is 5.57. The molecule has 0 aliphatic heterocycles. The number of primary amides is 1. The highest BCUT2D eigenvalue weighted by atomic mass is 32.2. The molecule has 1 heterocycles. The number of halogens is 4. The van der Waals surface area contributed by atoms with Crippen molar-refractivity contribution in [2.45, 2.75) is 88.7 Å². The number of sulfonamides is 1. The van der Waals surface area contributed by atoms with Gasteiger partial charge in [-0.1, -0.05) is 32.8 Å². The van der Waals surface area contributed by atoms with Crippen molar-refractivity contribution in [3.05, 3.63) is 58.7 Å². The van der Waals surface area contributed by atoms with Gasteiger partial charge in [-0.15, -0.1) is 0 Å². The van der Waals surface area contributed by atoms with Crippen molar-refractivity contribution >= 4 is 27.1 Å². The zero-order chi connectivity index (χ0) is 29.5. The number of nitrogens with zero attached hydrogens (tertiary/aromatic N) is 1. The molecule has 11 heteroatoms. The summed E-state index contributed by atoms with van der Waals surface area (Å²) >= 11 is 0. The summed E-state index contributed by atoms with van der Waals surface area (Å²) in [5.74, 6) is -1.19. The van der Waals surface area contributed by atoms with E-state index in [-0.39, 0.29) is 35.9 Å². The number of amides is 1. The molecule has 2 saturated carbocycles. The predicted molar refractivity (Wildman–Crippen MR) is 145 cm³/mol. The molecule has 2 aromatic rings. The fourth-order valence-corrected chi connectivity index (χ4v) is 7.30. The van der Waals surface area contributed by atoms with Gasteiger partial charge in [-0.05, 0) is 97.7 Å². The van der Waals surface area contributed by atoms with Crippen LogP contribution in [0.1, 0.15) is 81.2 Å². The number of alkyl halides is 3. The lowest BCUT2D eigenvalue weighted by Crippen LogP contribution is -2.47. The number of aromatic nitrogens is 1. The first-order valence-electron chi connectivity index (χ1n) is 13.6. The number of nitrogens with two attached hydrogens (primary N) is 1. The van der Waals surface area contributed by atoms with Gasteiger partial charge in [0.15, 0.2) is 0 Å². The molecular formula is C29H35F4N3O3S. The lowest BCUT2D eigenvalue weighted by Gasteiger charge is -2.28. The molecular weight excluding hydrogens is 546 g/mol. The van der Waals surface area contributed by atoms with E-state index in [4.69, 9.17) is 5.73 Å². The van der Waals surface area contributed by atoms with Crippen LogP contribution >= 0.6 is 0 Å². The molecule has 2 aliphatic rings. The van der Waals surface area contributed by atoms with Crippen LogP contribution in [-0.4, -0.2) is 31.0 Å². The Labute approximate surface area is 232 Å². The minimum Gasteiger partial charge on any atom is -0.366 e. The number of hydrogen-bond acceptors (Lipinski definition) is 4. The largest absolute Gasteiger partial charge is 0.407 e. The Balaban J connectivity index is 1.86. The van der Waals surface area contributed by atoms with Crippen LogP contribution in [0.4, 0.5) is 17.6 Å². The molecule has 4 rings (SSSR count). The van der Waals surface area contributed by atoms with Gasteiger partial charge in [-0.25, -0.2) is 12.8 Å². The first kappa shape index (κ1) is 30.2. The molecule has 1 aromatic heterocycles. The van der Waals surface area contributed by atoms with E-state index in [1.54, 1.807) is 17.7 Å². The molecule has 2 aliphatic carbocycles. The van der Waals surface area contributed by atoms with Crippen molar-refractivity contribution in [1.82, 2.24) is 9.71 Å². The summed E-state index contributed by atoms with van der Waals surface area (Å²) in [6.45, 7) is 5.58. The first-order valence-corrected chi connectivity index (χ1v) is 15.1. The number of carbonyl (C=O) groups excluding carboxylic acids is 1. The zero-order valence-corrected chi connectivity index (χ0v) is 23.7. The highest BCUT2D eigenvalue weighted by molar-refractivity contribution is 7.89. The summed E-state index contributed by atoms with van der Waals surface area (Å²) in [5.41, 5.74) is 5.89. The third kappa shape index (κ3) is 5.81. The van der Waals surface area contributed by atoms with E-state index in [1.807, 2.05) is 13.8 Å². The Kier molecular flexibility index (Phi) is 8.48. The second-order valence-electron chi connectivity index (χ2n) is 10.9. The predicted octanol–water partition coefficient (Wildman–Crippen LogP) is 6.08. The molecule has 3 N–H and O–H groups in total. The van der Waals surface area contributed by atoms with Crippen LogP contribution in [0, 0.1) is 24.6 Å². The molecule has 1 aromatic carbocycles. The lowest BCUT2D eigenvalue weighted by atomic mass is 9.77. The standard InChI is InChI=1S/C29H35F4N3O3S/c1-4-18-14-17(3)22(15-23(18)30)26(27(34)37)25(21(5-2)19-8-6-7-9-19)24-11-10-20(16-35-24)40(38,39)36-28(12-13-28)29(31,32)33/h10-11,14-16,19,21,36H,4-9,12-13H2,1-3H3,(H2,34,37). The summed E-state index contributed by atoms with van der Waals surface area (Å²) in [7, 11) is -4.52. The molecule has 40 heavy (non-hydrogen) atoms. The van der Waals surface area contributed by atoms with Gasteiger partial charge >= 0.3 is 6.18 Å². The van der Waals surface area contributed by atoms with Crippen molar-refractivity contribution in [3.63, 3.8) is 0 Å². The molecule has 2 fully saturated rings. The van der Waals surface area contributed by atoms with Gasteiger partial charge < -0.3 is 5.73 Å². The summed E-state index contributed by atoms with van der Waals surface area (Å²) in [4.78, 5) is 17.0. The number of benzene rings is 1. The van der Waals surface area contributed by atoms with Gasteiger partial charge in [0.05, 0.1) is 11.3 Å². The Hall–Kier alpha value is -2.79. The minimum atomic E-state index is -4.71. The van der Waals surface area contributed by atoms with Gasteiger partial charge in [0, 0.05) is 6.20 Å². The van der Waals surface area contributed by atoms with Gasteiger partial charge in [0.25, 0.3) is 0 Å². The Bertz CT molecular complexity index is 1410. The molecule has 1 amide bonds. The van der Waals surface area contributed by atoms with Crippen molar-refractivity contribution < 1.29 is 30.8 Å². The van der Waals surface area contributed by atoms with Crippen molar-refractivity contribution in [1.29, 1.82) is 0 Å². The molecule has 6 nitrogen and oxygen atoms in total. The topological polar surface area (TPSA) is 102 Å². The summed E-state index contributed by atoms with van der Waals surface area (Å²) in [5, 5.41) is 0. The molecule has 218 valence electrons. The Morgan fingerprint density at radius 2 is 1.82 bits per heavy atom. The quantitative estimate of drug-likeness (QED) is 0.262. The fourth-order valence-electron chi connectivity index (χ4n) is 5.91. The SMILES string of the molecule is CCc1cc(C)c(C(C(N)=O)=C(c2ccc(S(=O)(=O)NC3(C(F)(F)F)CC3)cn2)C(CC)C2CCCC2)cc1F. The first-order chi connectivity index (χ1) is 18.7. The lowest BCUT2D eigenvalue weighted by molar-refractivity contribution is -0.160. The maximum absolute atomic E-state index is 15.0. The van der Waals surface area contributed by atoms with Crippen LogP contribution in [0.2, 0.25) is 0 Å². The number of pyridine rings is 1. The molecule has 0 spiro atoms. The average molecular weight is 582 g/mol. The number of carbonyl (C=O) groups is 1. The van der Waals surface area contributed by atoms with Crippen LogP contribution in [0.15, 0.2) is 35.4 Å². The zero-order valence-electron chi connectivity index (χ0n) is 22.9. The van der Waals surface area contributed by atoms with Gasteiger partial charge in [0.2, 0.25) is 15.9 Å². The van der Waals surface area contributed by atoms with Crippen LogP contribution in [-0.2, 0) is 21.2 Å². The Morgan fingerprint density at radius 3 is 2.30 bits per heavy atom. The van der Waals surface area contributed by atoms with E-state index in [1.165, 1.54) is 18.2 Å². The molecule has 0 bridgehead atoms. The van der Waals surface area contributed by atoms with Crippen LogP contribution < -0.4 is 10.5 Å². The van der Waals surface area contributed by atoms with Crippen LogP contribution in [0.3, 0.4) is 0 Å². The van der Waals surface area contributed by atoms with E-state index >= 15 is 0 Å². The molecule has 0 saturated heterocycles. The summed E-state index contributed by atoms with van der Waals surface area (Å²) in [6.07, 6.45) is 0.613. The van der Waals surface area contributed by atoms with Crippen molar-refractivity contribution in [2.24, 2.45) is 17.6 Å². The van der Waals surface area contributed by atoms with Gasteiger partial charge in [-0.3, -0.25) is 9.78 Å². The second kappa shape index (κ2) is 11.2. The highest BCUT2D eigenvalue weighted by Gasteiger charge is 2.65. The number of allylic oxidation sites excluding steroid dienone is 1. The monoisotopic (exact) mass is 581 g/mol. The number of hydrogen-bond donors (Lipinski definition) is 2. The fraction of sp³-hybridized carbons (Fsp3) is 0.517. The number of aryl methyl sites for hydroxylation is 2. The highest BCUT2D eigenvalue weighted by Crippen LogP contribution is 2.50. The summed E-state index contributed by atoms with van der Waals surface area (Å²) < 4.78 is 82.7. The third-order valence-electron chi connectivity index (χ3n) is 8.28. The maximum atomic E-state index is 15.0. The van der Waals surface area contributed by atoms with E-state index in [0.717, 1.165) is 31.9 Å². The van der Waals surface area contributed by atoms with Gasteiger partial charge in [-0.2, -0.15) is 17.9 Å². The van der Waals surface area contributed by atoms with Crippen LogP contribution in [0.5, 0.6) is 0 Å². The molecule has 1 atom stereocenters. The minimum absolute atomic E-state index is 0.119. The van der Waals surface area contributed by atoms with Crippen molar-refractivity contribution in [2.75, 3.05) is 0 Å². The van der Waals surface area contributed by atoms with E-state index in [0.29, 0.717) is 35.1 Å². The average Bonchev–Trinajstić information content (AvgIpc) is 3.47. The molecule has 0 radical (unpaired) electrons. The maximum Gasteiger partial charge on any atom is 0.407 e. The van der Waals surface area contributed by atoms with Crippen LogP contribution in [0.25, 0.3) is 11.1 Å². The Morgan fingerprint density at radius 1 is 1.18 bits per heavy atom. The number of nitrogens with one attached hydrogen (secondary N) is 1. The second-order valence-corrected chi connectivity index (χ2v) is 12.6. The van der Waals surface area contributed by atoms with E-state index in [9.17, 15) is 30.8 Å². The normalized spacial score (nSPS) is 18.9. The molecule has 1 unspecified atom stereocenters. The van der Waals surface area contributed by atoms with E-state index < -0.39 is 38.4 Å².